The van der Waals surface area contributed by atoms with Gasteiger partial charge in [-0.3, -0.25) is 0 Å². The van der Waals surface area contributed by atoms with E-state index < -0.39 is 5.82 Å². The van der Waals surface area contributed by atoms with Crippen molar-refractivity contribution < 1.29 is 13.9 Å². The summed E-state index contributed by atoms with van der Waals surface area (Å²) in [6, 6.07) is 4.56. The number of methoxy groups -OCH3 is 1. The van der Waals surface area contributed by atoms with Gasteiger partial charge in [0.05, 0.1) is 7.11 Å². The molecule has 1 atom stereocenters. The van der Waals surface area contributed by atoms with Crippen LogP contribution in [0.2, 0.25) is 0 Å². The molecule has 0 aliphatic carbocycles. The lowest BCUT2D eigenvalue weighted by Crippen LogP contribution is -2.41. The molecule has 0 bridgehead atoms. The number of likely N-dealkylation sites (tertiary alicyclic amines) is 1. The molecule has 1 N–H and O–H groups in total. The van der Waals surface area contributed by atoms with Gasteiger partial charge >= 0.3 is 6.03 Å². The molecule has 1 aliphatic rings. The quantitative estimate of drug-likeness (QED) is 0.832. The fourth-order valence-corrected chi connectivity index (χ4v) is 3.15. The Hall–Kier alpha value is -1.82. The maximum absolute atomic E-state index is 13.6. The molecule has 24 heavy (non-hydrogen) atoms. The molecule has 1 saturated heterocycles. The molecule has 1 aromatic rings. The molecular weight excluding hydrogens is 309 g/mol. The standard InChI is InChI=1S/C18H28FN3O2/c1-14(13-22-8-4-5-9-22)12-21(2)18(23)20-11-15-6-7-17(24-3)16(19)10-15/h6-7,10,14H,4-5,8-9,11-13H2,1-3H3,(H,20,23). The van der Waals surface area contributed by atoms with Crippen LogP contribution in [0.3, 0.4) is 0 Å². The van der Waals surface area contributed by atoms with Crippen molar-refractivity contribution >= 4 is 6.03 Å². The first kappa shape index (κ1) is 18.5. The Labute approximate surface area is 143 Å². The lowest BCUT2D eigenvalue weighted by atomic mass is 10.1. The topological polar surface area (TPSA) is 44.8 Å². The maximum atomic E-state index is 13.6. The van der Waals surface area contributed by atoms with E-state index in [1.54, 1.807) is 24.1 Å². The number of nitrogens with zero attached hydrogens (tertiary/aromatic N) is 2. The van der Waals surface area contributed by atoms with Gasteiger partial charge < -0.3 is 19.9 Å². The first-order valence-electron chi connectivity index (χ1n) is 8.53. The molecule has 1 fully saturated rings. The van der Waals surface area contributed by atoms with E-state index in [1.165, 1.54) is 39.1 Å². The van der Waals surface area contributed by atoms with Crippen LogP contribution in [0.5, 0.6) is 5.75 Å². The third-order valence-corrected chi connectivity index (χ3v) is 4.36. The maximum Gasteiger partial charge on any atom is 0.317 e. The van der Waals surface area contributed by atoms with Crippen LogP contribution in [0.1, 0.15) is 25.3 Å². The van der Waals surface area contributed by atoms with Crippen molar-refractivity contribution in [2.45, 2.75) is 26.3 Å². The predicted octanol–water partition coefficient (Wildman–Crippen LogP) is 2.71. The van der Waals surface area contributed by atoms with Crippen LogP contribution in [-0.2, 0) is 6.54 Å². The number of urea groups is 1. The van der Waals surface area contributed by atoms with E-state index in [1.807, 2.05) is 0 Å². The number of amides is 2. The molecule has 0 saturated carbocycles. The van der Waals surface area contributed by atoms with Crippen LogP contribution in [0.4, 0.5) is 9.18 Å². The Bertz CT molecular complexity index is 547. The number of benzene rings is 1. The summed E-state index contributed by atoms with van der Waals surface area (Å²) >= 11 is 0. The van der Waals surface area contributed by atoms with Crippen LogP contribution in [0.25, 0.3) is 0 Å². The molecule has 0 radical (unpaired) electrons. The van der Waals surface area contributed by atoms with Gasteiger partial charge in [0.25, 0.3) is 0 Å². The summed E-state index contributed by atoms with van der Waals surface area (Å²) in [7, 11) is 3.22. The molecule has 5 nitrogen and oxygen atoms in total. The molecule has 134 valence electrons. The lowest BCUT2D eigenvalue weighted by molar-refractivity contribution is 0.192. The normalized spacial score (nSPS) is 16.0. The van der Waals surface area contributed by atoms with Crippen molar-refractivity contribution in [1.29, 1.82) is 0 Å². The van der Waals surface area contributed by atoms with Crippen LogP contribution >= 0.6 is 0 Å². The van der Waals surface area contributed by atoms with Crippen molar-refractivity contribution in [2.24, 2.45) is 5.92 Å². The Morgan fingerprint density at radius 1 is 1.42 bits per heavy atom. The van der Waals surface area contributed by atoms with Gasteiger partial charge in [-0.15, -0.1) is 0 Å². The molecule has 1 unspecified atom stereocenters. The molecule has 1 aliphatic heterocycles. The molecule has 1 heterocycles. The Morgan fingerprint density at radius 2 is 2.12 bits per heavy atom. The first-order chi connectivity index (χ1) is 11.5. The van der Waals surface area contributed by atoms with E-state index in [9.17, 15) is 9.18 Å². The van der Waals surface area contributed by atoms with Crippen molar-refractivity contribution in [2.75, 3.05) is 40.3 Å². The third-order valence-electron chi connectivity index (χ3n) is 4.36. The second-order valence-corrected chi connectivity index (χ2v) is 6.62. The second kappa shape index (κ2) is 8.87. The van der Waals surface area contributed by atoms with Crippen LogP contribution < -0.4 is 10.1 Å². The summed E-state index contributed by atoms with van der Waals surface area (Å²) in [5.74, 6) is 0.215. The van der Waals surface area contributed by atoms with Gasteiger partial charge in [-0.1, -0.05) is 13.0 Å². The van der Waals surface area contributed by atoms with Gasteiger partial charge in [-0.2, -0.15) is 0 Å². The number of rotatable bonds is 7. The fraction of sp³-hybridized carbons (Fsp3) is 0.611. The van der Waals surface area contributed by atoms with E-state index in [0.29, 0.717) is 24.6 Å². The third kappa shape index (κ3) is 5.37. The summed E-state index contributed by atoms with van der Waals surface area (Å²) in [5, 5.41) is 2.83. The smallest absolute Gasteiger partial charge is 0.317 e. The lowest BCUT2D eigenvalue weighted by Gasteiger charge is -2.25. The largest absolute Gasteiger partial charge is 0.494 e. The van der Waals surface area contributed by atoms with E-state index in [4.69, 9.17) is 4.74 Å². The van der Waals surface area contributed by atoms with Gasteiger partial charge in [-0.25, -0.2) is 9.18 Å². The van der Waals surface area contributed by atoms with Crippen molar-refractivity contribution in [3.8, 4) is 5.75 Å². The zero-order valence-electron chi connectivity index (χ0n) is 14.8. The highest BCUT2D eigenvalue weighted by Crippen LogP contribution is 2.17. The van der Waals surface area contributed by atoms with Gasteiger partial charge in [0.1, 0.15) is 0 Å². The second-order valence-electron chi connectivity index (χ2n) is 6.62. The Balaban J connectivity index is 1.75. The summed E-state index contributed by atoms with van der Waals surface area (Å²) in [6.07, 6.45) is 2.56. The highest BCUT2D eigenvalue weighted by atomic mass is 19.1. The minimum Gasteiger partial charge on any atom is -0.494 e. The van der Waals surface area contributed by atoms with Gasteiger partial charge in [-0.05, 0) is 49.5 Å². The average Bonchev–Trinajstić information content (AvgIpc) is 3.05. The van der Waals surface area contributed by atoms with E-state index in [-0.39, 0.29) is 11.8 Å². The number of halogens is 1. The zero-order chi connectivity index (χ0) is 17.5. The van der Waals surface area contributed by atoms with Crippen molar-refractivity contribution in [3.05, 3.63) is 29.6 Å². The van der Waals surface area contributed by atoms with Crippen molar-refractivity contribution in [3.63, 3.8) is 0 Å². The SMILES string of the molecule is COc1ccc(CNC(=O)N(C)CC(C)CN2CCCC2)cc1F. The van der Waals surface area contributed by atoms with E-state index >= 15 is 0 Å². The van der Waals surface area contributed by atoms with Gasteiger partial charge in [0.15, 0.2) is 11.6 Å². The number of ether oxygens (including phenoxy) is 1. The summed E-state index contributed by atoms with van der Waals surface area (Å²) in [4.78, 5) is 16.3. The minimum absolute atomic E-state index is 0.139. The number of hydrogen-bond acceptors (Lipinski definition) is 3. The molecule has 0 spiro atoms. The summed E-state index contributed by atoms with van der Waals surface area (Å²) < 4.78 is 18.5. The average molecular weight is 337 g/mol. The Morgan fingerprint density at radius 3 is 2.75 bits per heavy atom. The molecular formula is C18H28FN3O2. The van der Waals surface area contributed by atoms with Crippen LogP contribution in [-0.4, -0.2) is 56.2 Å². The summed E-state index contributed by atoms with van der Waals surface area (Å²) in [5.41, 5.74) is 0.708. The molecule has 2 amide bonds. The Kier molecular flexibility index (Phi) is 6.85. The monoisotopic (exact) mass is 337 g/mol. The molecule has 6 heteroatoms. The first-order valence-corrected chi connectivity index (χ1v) is 8.53. The minimum atomic E-state index is -0.420. The van der Waals surface area contributed by atoms with Gasteiger partial charge in [0.2, 0.25) is 0 Å². The predicted molar refractivity (Wildman–Crippen MR) is 92.7 cm³/mol. The highest BCUT2D eigenvalue weighted by molar-refractivity contribution is 5.73. The van der Waals surface area contributed by atoms with Crippen molar-refractivity contribution in [1.82, 2.24) is 15.1 Å². The number of nitrogens with one attached hydrogen (secondary N) is 1. The fourth-order valence-electron chi connectivity index (χ4n) is 3.15. The molecule has 0 aromatic heterocycles. The summed E-state index contributed by atoms with van der Waals surface area (Å²) in [6.45, 7) is 6.54. The van der Waals surface area contributed by atoms with Crippen LogP contribution in [0.15, 0.2) is 18.2 Å². The number of carbonyl (C=O) groups is 1. The van der Waals surface area contributed by atoms with E-state index in [0.717, 1.165) is 6.54 Å². The number of hydrogen-bond donors (Lipinski definition) is 1. The van der Waals surface area contributed by atoms with Crippen LogP contribution in [0, 0.1) is 11.7 Å². The number of carbonyl (C=O) groups excluding carboxylic acids is 1. The molecule has 2 rings (SSSR count). The highest BCUT2D eigenvalue weighted by Gasteiger charge is 2.17. The zero-order valence-corrected chi connectivity index (χ0v) is 14.8. The molecule has 1 aromatic carbocycles. The van der Waals surface area contributed by atoms with E-state index in [2.05, 4.69) is 17.1 Å². The van der Waals surface area contributed by atoms with Gasteiger partial charge in [0, 0.05) is 26.7 Å².